The molecule has 0 bridgehead atoms. The molecule has 1 aromatic carbocycles. The van der Waals surface area contributed by atoms with Crippen molar-refractivity contribution in [3.63, 3.8) is 0 Å². The van der Waals surface area contributed by atoms with E-state index in [1.165, 1.54) is 0 Å². The molecule has 9 nitrogen and oxygen atoms in total. The molecule has 0 spiro atoms. The molecule has 1 saturated heterocycles. The van der Waals surface area contributed by atoms with Gasteiger partial charge in [-0.1, -0.05) is 24.3 Å². The maximum absolute atomic E-state index is 12.2. The number of hydrogen-bond donors (Lipinski definition) is 2. The van der Waals surface area contributed by atoms with E-state index in [1.54, 1.807) is 7.11 Å². The number of methoxy groups -OCH3 is 1. The number of ether oxygens (including phenoxy) is 1. The van der Waals surface area contributed by atoms with Crippen molar-refractivity contribution in [2.75, 3.05) is 26.7 Å². The van der Waals surface area contributed by atoms with Crippen molar-refractivity contribution < 1.29 is 14.3 Å². The van der Waals surface area contributed by atoms with Crippen LogP contribution in [0.25, 0.3) is 6.08 Å². The first-order chi connectivity index (χ1) is 15.1. The number of carbonyl (C=O) groups is 2. The third-order valence-electron chi connectivity index (χ3n) is 5.72. The maximum atomic E-state index is 12.2. The fraction of sp³-hybridized carbons (Fsp3) is 0.455. The minimum absolute atomic E-state index is 0.0716. The third-order valence-corrected chi connectivity index (χ3v) is 5.72. The largest absolute Gasteiger partial charge is 0.497 e. The van der Waals surface area contributed by atoms with Crippen LogP contribution in [0.15, 0.2) is 30.3 Å². The SMILES string of the molecule is COc1ccc(/C=C/CN2CCc3nnc(CNC(=O)[C@@H]4CCC(=O)N4)n3CC2)cc1. The summed E-state index contributed by atoms with van der Waals surface area (Å²) in [6.07, 6.45) is 6.05. The Balaban J connectivity index is 1.27. The van der Waals surface area contributed by atoms with Gasteiger partial charge in [-0.2, -0.15) is 0 Å². The summed E-state index contributed by atoms with van der Waals surface area (Å²) in [5.74, 6) is 2.32. The molecule has 0 unspecified atom stereocenters. The van der Waals surface area contributed by atoms with Gasteiger partial charge in [0.2, 0.25) is 11.8 Å². The number of fused-ring (bicyclic) bond motifs is 1. The van der Waals surface area contributed by atoms with Crippen LogP contribution in [0.5, 0.6) is 5.75 Å². The van der Waals surface area contributed by atoms with Crippen LogP contribution in [0.3, 0.4) is 0 Å². The van der Waals surface area contributed by atoms with Crippen LogP contribution in [0.4, 0.5) is 0 Å². The predicted molar refractivity (Wildman–Crippen MR) is 115 cm³/mol. The van der Waals surface area contributed by atoms with E-state index in [1.807, 2.05) is 24.3 Å². The average Bonchev–Trinajstić information content (AvgIpc) is 3.34. The molecule has 1 aromatic heterocycles. The minimum Gasteiger partial charge on any atom is -0.497 e. The van der Waals surface area contributed by atoms with Crippen LogP contribution in [0.2, 0.25) is 0 Å². The zero-order valence-corrected chi connectivity index (χ0v) is 17.7. The van der Waals surface area contributed by atoms with E-state index in [0.717, 1.165) is 55.6 Å². The maximum Gasteiger partial charge on any atom is 0.242 e. The first-order valence-corrected chi connectivity index (χ1v) is 10.6. The Morgan fingerprint density at radius 1 is 1.23 bits per heavy atom. The second-order valence-corrected chi connectivity index (χ2v) is 7.79. The second kappa shape index (κ2) is 9.74. The van der Waals surface area contributed by atoms with E-state index < -0.39 is 6.04 Å². The Labute approximate surface area is 181 Å². The Morgan fingerprint density at radius 2 is 2.06 bits per heavy atom. The fourth-order valence-electron chi connectivity index (χ4n) is 3.89. The first-order valence-electron chi connectivity index (χ1n) is 10.6. The van der Waals surface area contributed by atoms with Crippen molar-refractivity contribution in [1.29, 1.82) is 0 Å². The molecule has 164 valence electrons. The van der Waals surface area contributed by atoms with Gasteiger partial charge in [-0.25, -0.2) is 0 Å². The van der Waals surface area contributed by atoms with Gasteiger partial charge in [0.05, 0.1) is 13.7 Å². The van der Waals surface area contributed by atoms with Gasteiger partial charge in [0.25, 0.3) is 0 Å². The van der Waals surface area contributed by atoms with E-state index in [2.05, 4.69) is 42.4 Å². The van der Waals surface area contributed by atoms with Crippen LogP contribution in [-0.4, -0.2) is 64.3 Å². The number of carbonyl (C=O) groups excluding carboxylic acids is 2. The summed E-state index contributed by atoms with van der Waals surface area (Å²) >= 11 is 0. The highest BCUT2D eigenvalue weighted by molar-refractivity contribution is 5.90. The number of nitrogens with zero attached hydrogens (tertiary/aromatic N) is 4. The van der Waals surface area contributed by atoms with Gasteiger partial charge in [0.15, 0.2) is 5.82 Å². The first kappa shape index (κ1) is 21.0. The van der Waals surface area contributed by atoms with Gasteiger partial charge in [0.1, 0.15) is 17.6 Å². The molecule has 0 aliphatic carbocycles. The lowest BCUT2D eigenvalue weighted by atomic mass is 10.2. The molecule has 2 aliphatic heterocycles. The summed E-state index contributed by atoms with van der Waals surface area (Å²) in [5.41, 5.74) is 1.14. The second-order valence-electron chi connectivity index (χ2n) is 7.79. The lowest BCUT2D eigenvalue weighted by Crippen LogP contribution is -2.41. The molecular formula is C22H28N6O3. The average molecular weight is 425 g/mol. The van der Waals surface area contributed by atoms with Crippen LogP contribution >= 0.6 is 0 Å². The van der Waals surface area contributed by atoms with Gasteiger partial charge < -0.3 is 19.9 Å². The molecule has 1 atom stereocenters. The summed E-state index contributed by atoms with van der Waals surface area (Å²) in [5, 5.41) is 14.1. The molecule has 1 fully saturated rings. The van der Waals surface area contributed by atoms with Crippen molar-refractivity contribution in [3.05, 3.63) is 47.6 Å². The van der Waals surface area contributed by atoms with E-state index >= 15 is 0 Å². The summed E-state index contributed by atoms with van der Waals surface area (Å²) in [4.78, 5) is 25.9. The third kappa shape index (κ3) is 5.29. The summed E-state index contributed by atoms with van der Waals surface area (Å²) < 4.78 is 7.29. The van der Waals surface area contributed by atoms with Crippen LogP contribution in [-0.2, 0) is 29.1 Å². The van der Waals surface area contributed by atoms with Crippen molar-refractivity contribution in [3.8, 4) is 5.75 Å². The molecular weight excluding hydrogens is 396 g/mol. The molecule has 3 heterocycles. The molecule has 2 N–H and O–H groups in total. The highest BCUT2D eigenvalue weighted by Crippen LogP contribution is 2.13. The fourth-order valence-corrected chi connectivity index (χ4v) is 3.89. The van der Waals surface area contributed by atoms with Crippen LogP contribution < -0.4 is 15.4 Å². The van der Waals surface area contributed by atoms with Crippen LogP contribution in [0.1, 0.15) is 30.1 Å². The molecule has 2 aliphatic rings. The molecule has 4 rings (SSSR count). The van der Waals surface area contributed by atoms with E-state index in [9.17, 15) is 9.59 Å². The monoisotopic (exact) mass is 424 g/mol. The molecule has 0 radical (unpaired) electrons. The van der Waals surface area contributed by atoms with E-state index in [0.29, 0.717) is 19.4 Å². The zero-order valence-electron chi connectivity index (χ0n) is 17.7. The molecule has 2 amide bonds. The number of benzene rings is 1. The lowest BCUT2D eigenvalue weighted by Gasteiger charge is -2.17. The topological polar surface area (TPSA) is 101 Å². The number of hydrogen-bond acceptors (Lipinski definition) is 6. The quantitative estimate of drug-likeness (QED) is 0.680. The summed E-state index contributed by atoms with van der Waals surface area (Å²) in [6.45, 7) is 3.75. The molecule has 0 saturated carbocycles. The zero-order chi connectivity index (χ0) is 21.6. The van der Waals surface area contributed by atoms with Gasteiger partial charge in [0, 0.05) is 39.0 Å². The Bertz CT molecular complexity index is 953. The van der Waals surface area contributed by atoms with Crippen molar-refractivity contribution in [1.82, 2.24) is 30.3 Å². The van der Waals surface area contributed by atoms with E-state index in [-0.39, 0.29) is 11.8 Å². The number of rotatable bonds is 7. The van der Waals surface area contributed by atoms with Crippen molar-refractivity contribution in [2.45, 2.75) is 38.4 Å². The molecule has 9 heteroatoms. The van der Waals surface area contributed by atoms with Crippen molar-refractivity contribution in [2.24, 2.45) is 0 Å². The highest BCUT2D eigenvalue weighted by Gasteiger charge is 2.27. The Hall–Kier alpha value is -3.20. The standard InChI is InChI=1S/C22H28N6O3/c1-31-17-6-4-16(5-7-17)3-2-11-27-12-10-19-25-26-20(28(19)14-13-27)15-23-22(30)18-8-9-21(29)24-18/h2-7,18H,8-15H2,1H3,(H,23,30)(H,24,29)/b3-2+/t18-/m0/s1. The Kier molecular flexibility index (Phi) is 6.61. The number of nitrogens with one attached hydrogen (secondary N) is 2. The molecule has 31 heavy (non-hydrogen) atoms. The van der Waals surface area contributed by atoms with Gasteiger partial charge in [-0.15, -0.1) is 10.2 Å². The van der Waals surface area contributed by atoms with Crippen LogP contribution in [0, 0.1) is 0 Å². The lowest BCUT2D eigenvalue weighted by molar-refractivity contribution is -0.125. The number of aromatic nitrogens is 3. The smallest absolute Gasteiger partial charge is 0.242 e. The molecule has 2 aromatic rings. The van der Waals surface area contributed by atoms with E-state index in [4.69, 9.17) is 4.74 Å². The number of amides is 2. The summed E-state index contributed by atoms with van der Waals surface area (Å²) in [7, 11) is 1.67. The Morgan fingerprint density at radius 3 is 2.81 bits per heavy atom. The van der Waals surface area contributed by atoms with Crippen molar-refractivity contribution >= 4 is 17.9 Å². The van der Waals surface area contributed by atoms with Gasteiger partial charge in [-0.3, -0.25) is 14.5 Å². The minimum atomic E-state index is -0.438. The van der Waals surface area contributed by atoms with Gasteiger partial charge >= 0.3 is 0 Å². The van der Waals surface area contributed by atoms with Gasteiger partial charge in [-0.05, 0) is 24.1 Å². The summed E-state index contributed by atoms with van der Waals surface area (Å²) in [6, 6.07) is 7.55. The normalized spacial score (nSPS) is 19.1. The highest BCUT2D eigenvalue weighted by atomic mass is 16.5. The predicted octanol–water partition coefficient (Wildman–Crippen LogP) is 0.753.